The van der Waals surface area contributed by atoms with Gasteiger partial charge in [-0.1, -0.05) is 196 Å². The van der Waals surface area contributed by atoms with Gasteiger partial charge in [0.1, 0.15) is 102 Å². The summed E-state index contributed by atoms with van der Waals surface area (Å²) < 4.78 is 57.9. The lowest BCUT2D eigenvalue weighted by molar-refractivity contribution is 0.143. The van der Waals surface area contributed by atoms with E-state index in [1.54, 1.807) is 7.11 Å². The van der Waals surface area contributed by atoms with Crippen molar-refractivity contribution in [3.8, 4) is 63.2 Å². The molecule has 0 amide bonds. The maximum absolute atomic E-state index is 9.09. The summed E-state index contributed by atoms with van der Waals surface area (Å²) in [5.74, 6) is 9.04. The minimum Gasteiger partial charge on any atom is -0.497 e. The molecule has 0 aromatic heterocycles. The van der Waals surface area contributed by atoms with E-state index < -0.39 is 0 Å². The van der Waals surface area contributed by atoms with Gasteiger partial charge in [0.25, 0.3) is 0 Å². The summed E-state index contributed by atoms with van der Waals surface area (Å²) >= 11 is 0. The van der Waals surface area contributed by atoms with Crippen molar-refractivity contribution in [1.29, 1.82) is 32.4 Å². The monoisotopic (exact) mass is 1910 g/mol. The molecule has 0 aliphatic carbocycles. The molecule has 746 valence electrons. The van der Waals surface area contributed by atoms with Gasteiger partial charge in [-0.2, -0.15) is 0 Å². The Morgan fingerprint density at radius 2 is 0.582 bits per heavy atom. The van der Waals surface area contributed by atoms with Crippen molar-refractivity contribution in [2.75, 3.05) is 53.4 Å². The zero-order valence-electron chi connectivity index (χ0n) is 89.7. The van der Waals surface area contributed by atoms with Crippen LogP contribution in [0.3, 0.4) is 0 Å². The number of hydrogen-bond acceptors (Lipinski definition) is 16. The Morgan fingerprint density at radius 3 is 0.943 bits per heavy atom. The van der Waals surface area contributed by atoms with Gasteiger partial charge in [0.05, 0.1) is 20.3 Å². The molecular weight excluding hydrogens is 1760 g/mol. The van der Waals surface area contributed by atoms with Crippen LogP contribution in [0, 0.1) is 128 Å². The van der Waals surface area contributed by atoms with Crippen LogP contribution in [0.1, 0.15) is 269 Å². The van der Waals surface area contributed by atoms with E-state index >= 15 is 0 Å². The third-order valence-electron chi connectivity index (χ3n) is 24.8. The first kappa shape index (κ1) is 116. The number of methoxy groups -OCH3 is 1. The molecule has 11 aromatic rings. The van der Waals surface area contributed by atoms with Crippen LogP contribution in [-0.2, 0) is 21.7 Å². The van der Waals surface area contributed by atoms with E-state index in [1.165, 1.54) is 66.3 Å². The molecule has 0 heterocycles. The lowest BCUT2D eigenvalue weighted by Gasteiger charge is -2.33. The third-order valence-corrected chi connectivity index (χ3v) is 24.8. The predicted molar refractivity (Wildman–Crippen MR) is 575 cm³/mol. The molecule has 0 saturated carbocycles. The summed E-state index contributed by atoms with van der Waals surface area (Å²) in [6.07, 6.45) is 12.8. The molecule has 1 atom stereocenters. The lowest BCUT2D eigenvalue weighted by Crippen LogP contribution is -2.24. The van der Waals surface area contributed by atoms with Crippen LogP contribution in [0.2, 0.25) is 0 Å². The standard InChI is InChI=1S/C26H37N2O2.C25H35N2O3.C25H35N2O2.C20H25N2O2.C14H13N2O.C9H11N2/c1-9-25(5,6)20-11-12-23(22(17-20)26(7,8)10-2)30-14-13-29-21-15-18(3)24(28-27)19(4)16-21;1-20-18-24(19-21(2)25(20)27-26)30-17-11-9-7-5-4-6-8-10-16-29-23-14-12-22(28-3)13-15-23;1-17-13-22(14-18(2)23(17)27-26)29-19(3)15-28-21-11-9-20(10-12-21)25(7,8)16-24(4,5)6;1-14-12-18(13-15(2)19(14)22-21)24-11-10-23-17-8-6-16(7-9-17)20(3,4)5;1-10-8-13(9-11(2)14(10)16-15)17-12-6-4-3-5-7-12;1-6-4-7(2)9(11-10)8(3)5-6/h11-12,15-17H,9-10,13-14H2,1-8H3;12-15,18-19H,4-11,16-17H2,1-3H3;9-14,19H,15-16H2,1-8H3;6-9,12-13H,10-11H2,1-5H3;3-9H,1-2H3;4-5H,1-3H3/q6*+1. The average molecular weight is 1910 g/mol. The molecule has 0 spiro atoms. The van der Waals surface area contributed by atoms with Crippen molar-refractivity contribution in [2.24, 2.45) is 5.41 Å². The van der Waals surface area contributed by atoms with Crippen molar-refractivity contribution in [2.45, 2.75) is 292 Å². The Morgan fingerprint density at radius 1 is 0.277 bits per heavy atom. The number of aryl methyl sites for hydroxylation is 13. The van der Waals surface area contributed by atoms with Crippen LogP contribution < -0.4 is 47.4 Å². The Balaban J connectivity index is 0.000000265. The highest BCUT2D eigenvalue weighted by molar-refractivity contribution is 5.64. The third kappa shape index (κ3) is 38.2. The summed E-state index contributed by atoms with van der Waals surface area (Å²) in [7, 11) is 1.67. The Labute approximate surface area is 841 Å². The fourth-order valence-corrected chi connectivity index (χ4v) is 16.6. The number of para-hydroxylation sites is 1. The first-order chi connectivity index (χ1) is 66.8. The minimum absolute atomic E-state index is 0.0356. The predicted octanol–water partition coefficient (Wildman–Crippen LogP) is 35.6. The van der Waals surface area contributed by atoms with Gasteiger partial charge in [-0.3, -0.25) is 0 Å². The summed E-state index contributed by atoms with van der Waals surface area (Å²) in [6.45, 7) is 62.3. The van der Waals surface area contributed by atoms with E-state index in [2.05, 4.69) is 169 Å². The highest BCUT2D eigenvalue weighted by Gasteiger charge is 2.31. The van der Waals surface area contributed by atoms with Crippen LogP contribution >= 0.6 is 0 Å². The van der Waals surface area contributed by atoms with Gasteiger partial charge in [0.15, 0.2) is 29.9 Å². The van der Waals surface area contributed by atoms with Crippen molar-refractivity contribution >= 4 is 34.1 Å². The molecule has 0 aliphatic rings. The maximum atomic E-state index is 9.09. The second kappa shape index (κ2) is 56.3. The molecule has 0 saturated heterocycles. The number of ether oxygens (including phenoxy) is 10. The topological polar surface area (TPSA) is 261 Å². The van der Waals surface area contributed by atoms with Crippen molar-refractivity contribution in [1.82, 2.24) is 0 Å². The molecule has 22 heteroatoms. The highest BCUT2D eigenvalue weighted by Crippen LogP contribution is 2.42. The van der Waals surface area contributed by atoms with Crippen LogP contribution in [-0.4, -0.2) is 59.5 Å². The number of rotatable bonds is 37. The lowest BCUT2D eigenvalue weighted by atomic mass is 9.72. The Hall–Kier alpha value is -14.1. The summed E-state index contributed by atoms with van der Waals surface area (Å²) in [4.78, 5) is 19.8. The molecule has 0 radical (unpaired) electrons. The SMILES string of the molecule is CCC(C)(C)c1ccc(OCCOc2cc(C)c([N+]#N)c(C)c2)c(C(C)(C)CC)c1.COc1ccc(OCCCCCCCCCCOc2cc(C)c([N+]#N)c(C)c2)cc1.Cc1cc(C)c([N+]#N)c(C)c1.Cc1cc(OC(C)COc2ccc(C(C)(C)CC(C)(C)C)cc2)cc(C)c1[N+]#N.Cc1cc(OCCOc2ccc(C(C)(C)C)cc2)cc(C)c1[N+]#N.Cc1cc(Oc2ccccc2)cc(C)c1[N+]#N. The quantitative estimate of drug-likeness (QED) is 0.0259. The molecule has 0 N–H and O–H groups in total. The first-order valence-electron chi connectivity index (χ1n) is 49.3. The van der Waals surface area contributed by atoms with Crippen molar-refractivity contribution in [3.63, 3.8) is 0 Å². The number of diazo groups is 6. The molecule has 0 fully saturated rings. The summed E-state index contributed by atoms with van der Waals surface area (Å²) in [5.41, 5.74) is 21.8. The molecule has 11 aromatic carbocycles. The van der Waals surface area contributed by atoms with Gasteiger partial charge in [0.2, 0.25) is 32.4 Å². The van der Waals surface area contributed by atoms with Crippen LogP contribution in [0.5, 0.6) is 63.2 Å². The number of hydrogen-bond donors (Lipinski definition) is 0. The zero-order chi connectivity index (χ0) is 104. The molecule has 11 rings (SSSR count). The van der Waals surface area contributed by atoms with Crippen molar-refractivity contribution in [3.05, 3.63) is 319 Å². The molecule has 0 bridgehead atoms. The van der Waals surface area contributed by atoms with Gasteiger partial charge >= 0.3 is 34.1 Å². The van der Waals surface area contributed by atoms with E-state index in [0.29, 0.717) is 67.2 Å². The summed E-state index contributed by atoms with van der Waals surface area (Å²) in [6, 6.07) is 63.4. The highest BCUT2D eigenvalue weighted by atomic mass is 16.5. The molecule has 22 nitrogen and oxygen atoms in total. The van der Waals surface area contributed by atoms with Gasteiger partial charge in [0, 0.05) is 72.3 Å². The molecule has 141 heavy (non-hydrogen) atoms. The van der Waals surface area contributed by atoms with Gasteiger partial charge in [-0.05, 0) is 312 Å². The number of benzene rings is 11. The molecular formula is C119H156N12O10+6. The van der Waals surface area contributed by atoms with E-state index in [4.69, 9.17) is 79.7 Å². The van der Waals surface area contributed by atoms with E-state index in [-0.39, 0.29) is 33.2 Å². The largest absolute Gasteiger partial charge is 0.497 e. The Kier molecular flexibility index (Phi) is 46.1. The van der Waals surface area contributed by atoms with E-state index in [9.17, 15) is 0 Å². The normalized spacial score (nSPS) is 11.2. The van der Waals surface area contributed by atoms with Gasteiger partial charge in [-0.15, -0.1) is 0 Å². The Bertz CT molecular complexity index is 5980. The minimum atomic E-state index is -0.109. The fraction of sp³-hybridized carbons (Fsp3) is 0.445. The molecule has 1 unspecified atom stereocenters. The smallest absolute Gasteiger partial charge is 0.391 e. The second-order valence-corrected chi connectivity index (χ2v) is 40.7. The van der Waals surface area contributed by atoms with Crippen molar-refractivity contribution < 1.29 is 47.4 Å². The number of unbranched alkanes of at least 4 members (excludes halogenated alkanes) is 7. The maximum Gasteiger partial charge on any atom is 0.391 e. The first-order valence-corrected chi connectivity index (χ1v) is 49.3. The molecule has 0 aliphatic heterocycles. The average Bonchev–Trinajstić information content (AvgIpc) is 0.788. The van der Waals surface area contributed by atoms with E-state index in [1.807, 2.05) is 249 Å². The van der Waals surface area contributed by atoms with Gasteiger partial charge < -0.3 is 47.4 Å². The van der Waals surface area contributed by atoms with Crippen LogP contribution in [0.4, 0.5) is 34.1 Å². The zero-order valence-corrected chi connectivity index (χ0v) is 89.7. The van der Waals surface area contributed by atoms with E-state index in [0.717, 1.165) is 175 Å². The van der Waals surface area contributed by atoms with Crippen LogP contribution in [0.25, 0.3) is 29.9 Å². The second-order valence-electron chi connectivity index (χ2n) is 40.7. The van der Waals surface area contributed by atoms with Gasteiger partial charge in [-0.25, -0.2) is 0 Å². The fourth-order valence-electron chi connectivity index (χ4n) is 16.6. The van der Waals surface area contributed by atoms with Crippen LogP contribution in [0.15, 0.2) is 194 Å². The number of nitrogens with zero attached hydrogens (tertiary/aromatic N) is 12. The summed E-state index contributed by atoms with van der Waals surface area (Å²) in [5, 5.41) is 53.6.